The number of aliphatic hydroxyl groups excluding tert-OH is 2. The Hall–Kier alpha value is -2.28. The summed E-state index contributed by atoms with van der Waals surface area (Å²) in [5.41, 5.74) is 0.903. The molecule has 1 amide bonds. The molecule has 1 aliphatic rings. The second kappa shape index (κ2) is 6.55. The van der Waals surface area contributed by atoms with Gasteiger partial charge in [0, 0.05) is 23.0 Å². The van der Waals surface area contributed by atoms with Crippen molar-refractivity contribution in [2.45, 2.75) is 30.6 Å². The minimum atomic E-state index is -0.997. The molecule has 0 bridgehead atoms. The van der Waals surface area contributed by atoms with Gasteiger partial charge in [-0.05, 0) is 35.6 Å². The van der Waals surface area contributed by atoms with Crippen LogP contribution in [0.4, 0.5) is 0 Å². The molecule has 128 valence electrons. The van der Waals surface area contributed by atoms with E-state index in [-0.39, 0.29) is 11.8 Å². The largest absolute Gasteiger partial charge is 0.390 e. The molecule has 1 saturated carbocycles. The SMILES string of the molecule is O=C(N[C@H]1[C@H](O)[C@H](O)C[C@@H]1c1cccnc1)c1cc2ccccc2s1. The number of rotatable bonds is 3. The highest BCUT2D eigenvalue weighted by Crippen LogP contribution is 2.35. The van der Waals surface area contributed by atoms with E-state index in [0.29, 0.717) is 11.3 Å². The van der Waals surface area contributed by atoms with E-state index in [0.717, 1.165) is 15.6 Å². The molecule has 25 heavy (non-hydrogen) atoms. The first-order valence-electron chi connectivity index (χ1n) is 8.19. The Labute approximate surface area is 149 Å². The lowest BCUT2D eigenvalue weighted by atomic mass is 9.95. The van der Waals surface area contributed by atoms with Crippen LogP contribution in [0.2, 0.25) is 0 Å². The minimum Gasteiger partial charge on any atom is -0.390 e. The third-order valence-electron chi connectivity index (χ3n) is 4.75. The summed E-state index contributed by atoms with van der Waals surface area (Å²) in [5, 5.41) is 24.4. The molecular weight excluding hydrogens is 336 g/mol. The molecule has 0 saturated heterocycles. The van der Waals surface area contributed by atoms with Gasteiger partial charge in [0.15, 0.2) is 0 Å². The number of hydrogen-bond acceptors (Lipinski definition) is 5. The second-order valence-corrected chi connectivity index (χ2v) is 7.42. The summed E-state index contributed by atoms with van der Waals surface area (Å²) in [6.45, 7) is 0. The summed E-state index contributed by atoms with van der Waals surface area (Å²) in [5.74, 6) is -0.398. The Morgan fingerprint density at radius 2 is 2.04 bits per heavy atom. The van der Waals surface area contributed by atoms with E-state index in [4.69, 9.17) is 0 Å². The van der Waals surface area contributed by atoms with Crippen LogP contribution in [0.25, 0.3) is 10.1 Å². The van der Waals surface area contributed by atoms with Gasteiger partial charge in [0.2, 0.25) is 0 Å². The molecule has 0 unspecified atom stereocenters. The van der Waals surface area contributed by atoms with Gasteiger partial charge in [-0.3, -0.25) is 9.78 Å². The van der Waals surface area contributed by atoms with Crippen molar-refractivity contribution in [3.8, 4) is 0 Å². The number of aliphatic hydroxyl groups is 2. The molecule has 6 heteroatoms. The van der Waals surface area contributed by atoms with Gasteiger partial charge in [0.1, 0.15) is 6.10 Å². The average molecular weight is 354 g/mol. The van der Waals surface area contributed by atoms with Crippen molar-refractivity contribution >= 4 is 27.3 Å². The summed E-state index contributed by atoms with van der Waals surface area (Å²) in [4.78, 5) is 17.4. The number of pyridine rings is 1. The van der Waals surface area contributed by atoms with Gasteiger partial charge in [-0.2, -0.15) is 0 Å². The molecule has 2 heterocycles. The first kappa shape index (κ1) is 16.2. The summed E-state index contributed by atoms with van der Waals surface area (Å²) < 4.78 is 1.04. The molecule has 1 fully saturated rings. The highest BCUT2D eigenvalue weighted by molar-refractivity contribution is 7.20. The molecule has 3 N–H and O–H groups in total. The van der Waals surface area contributed by atoms with E-state index in [2.05, 4.69) is 10.3 Å². The van der Waals surface area contributed by atoms with Crippen molar-refractivity contribution in [1.29, 1.82) is 0 Å². The zero-order valence-electron chi connectivity index (χ0n) is 13.4. The van der Waals surface area contributed by atoms with Crippen LogP contribution in [-0.4, -0.2) is 39.4 Å². The maximum Gasteiger partial charge on any atom is 0.261 e. The number of carbonyl (C=O) groups is 1. The first-order chi connectivity index (χ1) is 12.1. The predicted octanol–water partition coefficient (Wildman–Crippen LogP) is 2.30. The fraction of sp³-hybridized carbons (Fsp3) is 0.263. The van der Waals surface area contributed by atoms with Crippen LogP contribution in [0.3, 0.4) is 0 Å². The summed E-state index contributed by atoms with van der Waals surface area (Å²) in [7, 11) is 0. The number of aromatic nitrogens is 1. The van der Waals surface area contributed by atoms with Gasteiger partial charge in [-0.25, -0.2) is 0 Å². The fourth-order valence-electron chi connectivity index (χ4n) is 3.46. The molecule has 4 rings (SSSR count). The molecule has 0 aliphatic heterocycles. The van der Waals surface area contributed by atoms with Gasteiger partial charge in [0.05, 0.1) is 17.0 Å². The van der Waals surface area contributed by atoms with E-state index in [1.54, 1.807) is 12.4 Å². The van der Waals surface area contributed by atoms with Gasteiger partial charge in [-0.1, -0.05) is 24.3 Å². The summed E-state index contributed by atoms with van der Waals surface area (Å²) in [6.07, 6.45) is 1.93. The zero-order valence-corrected chi connectivity index (χ0v) is 14.2. The molecule has 0 radical (unpaired) electrons. The Bertz CT molecular complexity index is 863. The van der Waals surface area contributed by atoms with Crippen LogP contribution in [0.15, 0.2) is 54.9 Å². The monoisotopic (exact) mass is 354 g/mol. The predicted molar refractivity (Wildman–Crippen MR) is 96.7 cm³/mol. The number of thiophene rings is 1. The van der Waals surface area contributed by atoms with Crippen LogP contribution in [0.5, 0.6) is 0 Å². The molecule has 5 nitrogen and oxygen atoms in total. The number of nitrogens with one attached hydrogen (secondary N) is 1. The average Bonchev–Trinajstić information content (AvgIpc) is 3.19. The topological polar surface area (TPSA) is 82.5 Å². The number of carbonyl (C=O) groups excluding carboxylic acids is 1. The van der Waals surface area contributed by atoms with Crippen molar-refractivity contribution in [1.82, 2.24) is 10.3 Å². The quantitative estimate of drug-likeness (QED) is 0.674. The Morgan fingerprint density at radius 3 is 2.80 bits per heavy atom. The van der Waals surface area contributed by atoms with Gasteiger partial charge >= 0.3 is 0 Å². The highest BCUT2D eigenvalue weighted by Gasteiger charge is 2.43. The van der Waals surface area contributed by atoms with Crippen molar-refractivity contribution < 1.29 is 15.0 Å². The van der Waals surface area contributed by atoms with E-state index in [1.165, 1.54) is 11.3 Å². The third-order valence-corrected chi connectivity index (χ3v) is 5.87. The van der Waals surface area contributed by atoms with E-state index < -0.39 is 18.2 Å². The Balaban J connectivity index is 1.59. The Kier molecular flexibility index (Phi) is 4.25. The normalized spacial score (nSPS) is 26.0. The van der Waals surface area contributed by atoms with Crippen molar-refractivity contribution in [2.24, 2.45) is 0 Å². The third kappa shape index (κ3) is 3.04. The highest BCUT2D eigenvalue weighted by atomic mass is 32.1. The van der Waals surface area contributed by atoms with E-state index in [9.17, 15) is 15.0 Å². The van der Waals surface area contributed by atoms with Gasteiger partial charge in [0.25, 0.3) is 5.91 Å². The lowest BCUT2D eigenvalue weighted by Crippen LogP contribution is -2.45. The van der Waals surface area contributed by atoms with Crippen LogP contribution in [0, 0.1) is 0 Å². The number of amides is 1. The smallest absolute Gasteiger partial charge is 0.261 e. The molecule has 4 atom stereocenters. The maximum absolute atomic E-state index is 12.7. The molecule has 0 spiro atoms. The fourth-order valence-corrected chi connectivity index (χ4v) is 4.43. The summed E-state index contributed by atoms with van der Waals surface area (Å²) >= 11 is 1.42. The van der Waals surface area contributed by atoms with Crippen LogP contribution in [-0.2, 0) is 0 Å². The standard InChI is InChI=1S/C19H18N2O3S/c22-14-9-13(12-5-3-7-20-10-12)17(18(14)23)21-19(24)16-8-11-4-1-2-6-15(11)25-16/h1-8,10,13-14,17-18,22-23H,9H2,(H,21,24)/t13-,14-,17-,18-/m1/s1. The number of fused-ring (bicyclic) bond motifs is 1. The molecule has 1 aliphatic carbocycles. The zero-order chi connectivity index (χ0) is 17.4. The lowest BCUT2D eigenvalue weighted by Gasteiger charge is -2.23. The van der Waals surface area contributed by atoms with Crippen LogP contribution in [0.1, 0.15) is 27.6 Å². The van der Waals surface area contributed by atoms with Crippen LogP contribution >= 0.6 is 11.3 Å². The minimum absolute atomic E-state index is 0.169. The van der Waals surface area contributed by atoms with Crippen molar-refractivity contribution in [2.75, 3.05) is 0 Å². The van der Waals surface area contributed by atoms with Crippen LogP contribution < -0.4 is 5.32 Å². The second-order valence-electron chi connectivity index (χ2n) is 6.33. The maximum atomic E-state index is 12.7. The number of nitrogens with zero attached hydrogens (tertiary/aromatic N) is 1. The number of benzene rings is 1. The molecular formula is C19H18N2O3S. The van der Waals surface area contributed by atoms with Gasteiger partial charge in [-0.15, -0.1) is 11.3 Å². The molecule has 2 aromatic heterocycles. The lowest BCUT2D eigenvalue weighted by molar-refractivity contribution is 0.0295. The molecule has 3 aromatic rings. The number of hydrogen-bond donors (Lipinski definition) is 3. The molecule has 1 aromatic carbocycles. The van der Waals surface area contributed by atoms with Gasteiger partial charge < -0.3 is 15.5 Å². The first-order valence-corrected chi connectivity index (χ1v) is 9.00. The van der Waals surface area contributed by atoms with E-state index in [1.807, 2.05) is 42.5 Å². The summed E-state index contributed by atoms with van der Waals surface area (Å²) in [6, 6.07) is 12.8. The van der Waals surface area contributed by atoms with Crippen molar-refractivity contribution in [3.05, 3.63) is 65.3 Å². The Morgan fingerprint density at radius 1 is 1.20 bits per heavy atom. The van der Waals surface area contributed by atoms with E-state index >= 15 is 0 Å². The van der Waals surface area contributed by atoms with Crippen molar-refractivity contribution in [3.63, 3.8) is 0 Å².